The number of carbonyl (C=O) groups excluding carboxylic acids is 1. The van der Waals surface area contributed by atoms with E-state index in [1.54, 1.807) is 0 Å². The predicted molar refractivity (Wildman–Crippen MR) is 52.3 cm³/mol. The lowest BCUT2D eigenvalue weighted by molar-refractivity contribution is 0.101. The first-order chi connectivity index (χ1) is 6.02. The summed E-state index contributed by atoms with van der Waals surface area (Å²) in [6.45, 7) is 0. The van der Waals surface area contributed by atoms with E-state index in [0.29, 0.717) is 6.07 Å². The van der Waals surface area contributed by atoms with Crippen LogP contribution in [0.5, 0.6) is 0 Å². The summed E-state index contributed by atoms with van der Waals surface area (Å²) in [7, 11) is 0. The maximum Gasteiger partial charge on any atom is 0.190 e. The summed E-state index contributed by atoms with van der Waals surface area (Å²) >= 11 is 5.87. The first-order valence-electron chi connectivity index (χ1n) is 3.30. The van der Waals surface area contributed by atoms with Crippen molar-refractivity contribution < 1.29 is 13.6 Å². The molecule has 0 aliphatic heterocycles. The number of hydrogen-bond donors (Lipinski definition) is 0. The zero-order valence-corrected chi connectivity index (χ0v) is 9.40. The van der Waals surface area contributed by atoms with Gasteiger partial charge >= 0.3 is 0 Å². The topological polar surface area (TPSA) is 17.1 Å². The third kappa shape index (κ3) is 2.57. The van der Waals surface area contributed by atoms with E-state index in [-0.39, 0.29) is 5.56 Å². The van der Waals surface area contributed by atoms with Crippen LogP contribution < -0.4 is 0 Å². The summed E-state index contributed by atoms with van der Waals surface area (Å²) in [5.41, 5.74) is -0.139. The molecule has 0 aromatic heterocycles. The van der Waals surface area contributed by atoms with E-state index >= 15 is 0 Å². The Morgan fingerprint density at radius 3 is 2.38 bits per heavy atom. The van der Waals surface area contributed by atoms with Crippen LogP contribution in [0, 0.1) is 11.6 Å². The van der Waals surface area contributed by atoms with E-state index in [9.17, 15) is 13.6 Å². The van der Waals surface area contributed by atoms with Gasteiger partial charge in [0.05, 0.1) is 5.56 Å². The smallest absolute Gasteiger partial charge is 0.190 e. The minimum atomic E-state index is -0.853. The van der Waals surface area contributed by atoms with Crippen molar-refractivity contribution in [1.82, 2.24) is 0 Å². The molecular weight excluding hydrogens is 310 g/mol. The van der Waals surface area contributed by atoms with Crippen molar-refractivity contribution in [3.63, 3.8) is 0 Å². The van der Waals surface area contributed by atoms with Crippen molar-refractivity contribution in [3.05, 3.63) is 35.4 Å². The number of benzene rings is 1. The van der Waals surface area contributed by atoms with Gasteiger partial charge in [-0.05, 0) is 12.1 Å². The fourth-order valence-corrected chi connectivity index (χ4v) is 1.30. The number of hydrogen-bond acceptors (Lipinski definition) is 1. The normalized spacial score (nSPS) is 10.5. The molecule has 0 bridgehead atoms. The van der Waals surface area contributed by atoms with Gasteiger partial charge in [-0.25, -0.2) is 8.78 Å². The molecular formula is C8H4Br2F2O. The number of halogens is 4. The van der Waals surface area contributed by atoms with Gasteiger partial charge in [-0.1, -0.05) is 31.9 Å². The standard InChI is InChI=1S/C8H4Br2F2O/c9-8(10)7(13)5-2-1-4(11)3-6(5)12/h1-3,8H. The van der Waals surface area contributed by atoms with Crippen molar-refractivity contribution in [3.8, 4) is 0 Å². The SMILES string of the molecule is O=C(c1ccc(F)cc1F)C(Br)Br. The molecule has 0 N–H and O–H groups in total. The number of rotatable bonds is 2. The van der Waals surface area contributed by atoms with Crippen LogP contribution in [0.4, 0.5) is 8.78 Å². The lowest BCUT2D eigenvalue weighted by Gasteiger charge is -2.02. The van der Waals surface area contributed by atoms with Gasteiger partial charge in [-0.3, -0.25) is 4.79 Å². The first-order valence-corrected chi connectivity index (χ1v) is 5.13. The third-order valence-corrected chi connectivity index (χ3v) is 2.23. The van der Waals surface area contributed by atoms with Gasteiger partial charge in [0.1, 0.15) is 15.4 Å². The number of Topliss-reactive ketones (excluding diaryl/α,β-unsaturated/α-hetero) is 1. The fourth-order valence-electron chi connectivity index (χ4n) is 0.807. The summed E-state index contributed by atoms with van der Waals surface area (Å²) in [5, 5.41) is 0. The molecule has 0 saturated heterocycles. The maximum atomic E-state index is 13.0. The van der Waals surface area contributed by atoms with Gasteiger partial charge in [-0.2, -0.15) is 0 Å². The second kappa shape index (κ2) is 4.28. The molecule has 0 atom stereocenters. The number of carbonyl (C=O) groups is 1. The minimum absolute atomic E-state index is 0.139. The first kappa shape index (κ1) is 10.8. The van der Waals surface area contributed by atoms with E-state index in [2.05, 4.69) is 31.9 Å². The van der Waals surface area contributed by atoms with Crippen LogP contribution in [-0.2, 0) is 0 Å². The molecule has 0 radical (unpaired) electrons. The highest BCUT2D eigenvalue weighted by atomic mass is 79.9. The van der Waals surface area contributed by atoms with Gasteiger partial charge in [0.2, 0.25) is 0 Å². The quantitative estimate of drug-likeness (QED) is 0.605. The van der Waals surface area contributed by atoms with Crippen LogP contribution in [0.15, 0.2) is 18.2 Å². The molecule has 0 amide bonds. The Labute approximate surface area is 90.4 Å². The van der Waals surface area contributed by atoms with Gasteiger partial charge in [0.15, 0.2) is 5.78 Å². The molecule has 13 heavy (non-hydrogen) atoms. The van der Waals surface area contributed by atoms with Crippen LogP contribution in [0.1, 0.15) is 10.4 Å². The van der Waals surface area contributed by atoms with Gasteiger partial charge in [0, 0.05) is 6.07 Å². The Balaban J connectivity index is 3.09. The number of alkyl halides is 2. The molecule has 1 rings (SSSR count). The Bertz CT molecular complexity index is 339. The summed E-state index contributed by atoms with van der Waals surface area (Å²) in [4.78, 5) is 11.2. The van der Waals surface area contributed by atoms with Crippen LogP contribution >= 0.6 is 31.9 Å². The second-order valence-electron chi connectivity index (χ2n) is 2.29. The van der Waals surface area contributed by atoms with Gasteiger partial charge in [-0.15, -0.1) is 0 Å². The predicted octanol–water partition coefficient (Wildman–Crippen LogP) is 3.26. The molecule has 0 aliphatic rings. The highest BCUT2D eigenvalue weighted by molar-refractivity contribution is 9.25. The zero-order valence-electron chi connectivity index (χ0n) is 6.23. The molecule has 5 heteroatoms. The lowest BCUT2D eigenvalue weighted by atomic mass is 10.1. The van der Waals surface area contributed by atoms with Crippen LogP contribution in [0.25, 0.3) is 0 Å². The van der Waals surface area contributed by atoms with Gasteiger partial charge < -0.3 is 0 Å². The maximum absolute atomic E-state index is 13.0. The van der Waals surface area contributed by atoms with E-state index < -0.39 is 21.2 Å². The molecule has 1 aromatic carbocycles. The second-order valence-corrected chi connectivity index (χ2v) is 5.35. The van der Waals surface area contributed by atoms with E-state index in [1.165, 1.54) is 0 Å². The van der Waals surface area contributed by atoms with E-state index in [4.69, 9.17) is 0 Å². The van der Waals surface area contributed by atoms with Crippen molar-refractivity contribution in [2.45, 2.75) is 3.74 Å². The Kier molecular flexibility index (Phi) is 3.55. The summed E-state index contributed by atoms with van der Waals surface area (Å²) in [6.07, 6.45) is 0. The molecule has 0 aliphatic carbocycles. The molecule has 1 nitrogen and oxygen atoms in total. The Hall–Kier alpha value is -0.290. The summed E-state index contributed by atoms with van der Waals surface area (Å²) in [6, 6.07) is 2.83. The molecule has 0 saturated carbocycles. The number of ketones is 1. The van der Waals surface area contributed by atoms with Crippen molar-refractivity contribution in [2.75, 3.05) is 0 Å². The molecule has 0 spiro atoms. The minimum Gasteiger partial charge on any atom is -0.292 e. The average Bonchev–Trinajstić information content (AvgIpc) is 2.03. The molecule has 0 heterocycles. The molecule has 70 valence electrons. The summed E-state index contributed by atoms with van der Waals surface area (Å²) in [5.74, 6) is -2.03. The highest BCUT2D eigenvalue weighted by Gasteiger charge is 2.17. The largest absolute Gasteiger partial charge is 0.292 e. The molecule has 0 fully saturated rings. The Morgan fingerprint density at radius 2 is 1.92 bits per heavy atom. The monoisotopic (exact) mass is 312 g/mol. The highest BCUT2D eigenvalue weighted by Crippen LogP contribution is 2.18. The van der Waals surface area contributed by atoms with Crippen LogP contribution in [-0.4, -0.2) is 9.52 Å². The zero-order chi connectivity index (χ0) is 10.0. The van der Waals surface area contributed by atoms with E-state index in [0.717, 1.165) is 12.1 Å². The lowest BCUT2D eigenvalue weighted by Crippen LogP contribution is -2.09. The fraction of sp³-hybridized carbons (Fsp3) is 0.125. The third-order valence-electron chi connectivity index (χ3n) is 1.39. The van der Waals surface area contributed by atoms with Crippen molar-refractivity contribution in [2.24, 2.45) is 0 Å². The van der Waals surface area contributed by atoms with Crippen molar-refractivity contribution >= 4 is 37.6 Å². The molecule has 1 aromatic rings. The Morgan fingerprint density at radius 1 is 1.31 bits per heavy atom. The van der Waals surface area contributed by atoms with E-state index in [1.807, 2.05) is 0 Å². The van der Waals surface area contributed by atoms with Crippen molar-refractivity contribution in [1.29, 1.82) is 0 Å². The van der Waals surface area contributed by atoms with Gasteiger partial charge in [0.25, 0.3) is 0 Å². The van der Waals surface area contributed by atoms with Crippen LogP contribution in [0.2, 0.25) is 0 Å². The average molecular weight is 314 g/mol. The molecule has 0 unspecified atom stereocenters. The van der Waals surface area contributed by atoms with Crippen LogP contribution in [0.3, 0.4) is 0 Å². The summed E-state index contributed by atoms with van der Waals surface area (Å²) < 4.78 is 24.7.